The highest BCUT2D eigenvalue weighted by Gasteiger charge is 2.15. The van der Waals surface area contributed by atoms with Crippen LogP contribution in [-0.4, -0.2) is 4.57 Å². The van der Waals surface area contributed by atoms with Crippen molar-refractivity contribution in [3.63, 3.8) is 0 Å². The van der Waals surface area contributed by atoms with E-state index in [1.165, 1.54) is 4.57 Å². The van der Waals surface area contributed by atoms with Crippen molar-refractivity contribution in [3.8, 4) is 11.8 Å². The molecule has 0 N–H and O–H groups in total. The fourth-order valence-corrected chi connectivity index (χ4v) is 2.61. The molecule has 2 rings (SSSR count). The smallest absolute Gasteiger partial charge is 0.274 e. The summed E-state index contributed by atoms with van der Waals surface area (Å²) in [4.78, 5) is 12.3. The Hall–Kier alpha value is -1.28. The predicted molar refractivity (Wildman–Crippen MR) is 79.4 cm³/mol. The van der Waals surface area contributed by atoms with Gasteiger partial charge in [0.25, 0.3) is 5.56 Å². The number of nitriles is 1. The molecule has 0 amide bonds. The Labute approximate surface area is 128 Å². The van der Waals surface area contributed by atoms with Crippen LogP contribution in [0.5, 0.6) is 0 Å². The van der Waals surface area contributed by atoms with E-state index < -0.39 is 5.56 Å². The maximum absolute atomic E-state index is 12.3. The second-order valence-corrected chi connectivity index (χ2v) is 5.07. The molecule has 0 aliphatic rings. The van der Waals surface area contributed by atoms with E-state index in [9.17, 15) is 4.79 Å². The van der Waals surface area contributed by atoms with Crippen molar-refractivity contribution >= 4 is 39.1 Å². The minimum absolute atomic E-state index is 0.0914. The molecule has 3 nitrogen and oxygen atoms in total. The zero-order valence-electron chi connectivity index (χ0n) is 9.53. The number of alkyl halides is 1. The van der Waals surface area contributed by atoms with Gasteiger partial charge in [-0.2, -0.15) is 5.26 Å². The van der Waals surface area contributed by atoms with Crippen molar-refractivity contribution in [1.82, 2.24) is 4.57 Å². The van der Waals surface area contributed by atoms with Crippen LogP contribution in [-0.2, 0) is 5.33 Å². The summed E-state index contributed by atoms with van der Waals surface area (Å²) in [5.41, 5.74) is 0.586. The maximum atomic E-state index is 12.3. The average molecular weight is 358 g/mol. The number of aromatic nitrogens is 1. The number of para-hydroxylation sites is 1. The molecule has 0 aliphatic carbocycles. The zero-order chi connectivity index (χ0) is 14.0. The second kappa shape index (κ2) is 5.79. The minimum Gasteiger partial charge on any atom is -0.278 e. The molecule has 6 heteroatoms. The first-order chi connectivity index (χ1) is 9.10. The minimum atomic E-state index is -0.474. The van der Waals surface area contributed by atoms with Gasteiger partial charge < -0.3 is 0 Å². The summed E-state index contributed by atoms with van der Waals surface area (Å²) in [6, 6.07) is 10.3. The Morgan fingerprint density at radius 2 is 1.95 bits per heavy atom. The van der Waals surface area contributed by atoms with Gasteiger partial charge in [-0.05, 0) is 18.2 Å². The lowest BCUT2D eigenvalue weighted by molar-refractivity contribution is 0.923. The molecule has 1 aromatic carbocycles. The summed E-state index contributed by atoms with van der Waals surface area (Å²) in [5, 5.41) is 10.00. The number of rotatable bonds is 2. The van der Waals surface area contributed by atoms with E-state index in [0.717, 1.165) is 0 Å². The average Bonchev–Trinajstić information content (AvgIpc) is 2.40. The van der Waals surface area contributed by atoms with E-state index in [4.69, 9.17) is 28.5 Å². The van der Waals surface area contributed by atoms with E-state index in [0.29, 0.717) is 21.7 Å². The summed E-state index contributed by atoms with van der Waals surface area (Å²) < 4.78 is 1.39. The second-order valence-electron chi connectivity index (χ2n) is 3.70. The van der Waals surface area contributed by atoms with Gasteiger partial charge in [0.05, 0.1) is 15.7 Å². The van der Waals surface area contributed by atoms with Crippen molar-refractivity contribution < 1.29 is 0 Å². The lowest BCUT2D eigenvalue weighted by Crippen LogP contribution is -2.24. The van der Waals surface area contributed by atoms with Crippen LogP contribution in [0.4, 0.5) is 0 Å². The first kappa shape index (κ1) is 14.1. The number of pyridine rings is 1. The largest absolute Gasteiger partial charge is 0.278 e. The summed E-state index contributed by atoms with van der Waals surface area (Å²) in [7, 11) is 0. The third kappa shape index (κ3) is 2.55. The van der Waals surface area contributed by atoms with Crippen LogP contribution in [0.15, 0.2) is 35.1 Å². The van der Waals surface area contributed by atoms with Gasteiger partial charge in [-0.25, -0.2) is 0 Å². The summed E-state index contributed by atoms with van der Waals surface area (Å²) >= 11 is 15.3. The van der Waals surface area contributed by atoms with Gasteiger partial charge in [0.15, 0.2) is 0 Å². The van der Waals surface area contributed by atoms with Gasteiger partial charge in [0.1, 0.15) is 11.6 Å². The van der Waals surface area contributed by atoms with Crippen LogP contribution in [0.25, 0.3) is 5.69 Å². The van der Waals surface area contributed by atoms with Crippen LogP contribution in [0.2, 0.25) is 10.0 Å². The molecule has 0 radical (unpaired) electrons. The lowest BCUT2D eigenvalue weighted by Gasteiger charge is -2.13. The third-order valence-electron chi connectivity index (χ3n) is 2.58. The topological polar surface area (TPSA) is 45.8 Å². The molecule has 0 fully saturated rings. The van der Waals surface area contributed by atoms with Crippen LogP contribution >= 0.6 is 39.1 Å². The van der Waals surface area contributed by atoms with E-state index in [2.05, 4.69) is 15.9 Å². The Balaban J connectivity index is 2.88. The Kier molecular flexibility index (Phi) is 4.31. The van der Waals surface area contributed by atoms with E-state index >= 15 is 0 Å². The number of nitrogens with zero attached hydrogens (tertiary/aromatic N) is 2. The van der Waals surface area contributed by atoms with Crippen LogP contribution in [0.1, 0.15) is 11.3 Å². The normalized spacial score (nSPS) is 10.2. The molecule has 0 saturated heterocycles. The quantitative estimate of drug-likeness (QED) is 0.765. The van der Waals surface area contributed by atoms with E-state index in [-0.39, 0.29) is 10.6 Å². The van der Waals surface area contributed by atoms with Crippen molar-refractivity contribution in [2.45, 2.75) is 5.33 Å². The molecule has 19 heavy (non-hydrogen) atoms. The highest BCUT2D eigenvalue weighted by molar-refractivity contribution is 9.08. The maximum Gasteiger partial charge on any atom is 0.274 e. The van der Waals surface area contributed by atoms with E-state index in [1.807, 2.05) is 6.07 Å². The Morgan fingerprint density at radius 1 is 1.26 bits per heavy atom. The fourth-order valence-electron chi connectivity index (χ4n) is 1.72. The predicted octanol–water partition coefficient (Wildman–Crippen LogP) is 3.91. The summed E-state index contributed by atoms with van der Waals surface area (Å²) in [6.45, 7) is 0. The number of halogens is 3. The van der Waals surface area contributed by atoms with E-state index in [1.54, 1.807) is 30.3 Å². The number of hydrogen-bond donors (Lipinski definition) is 0. The van der Waals surface area contributed by atoms with Crippen LogP contribution in [0, 0.1) is 11.3 Å². The van der Waals surface area contributed by atoms with Gasteiger partial charge in [-0.3, -0.25) is 9.36 Å². The van der Waals surface area contributed by atoms with Crippen molar-refractivity contribution in [3.05, 3.63) is 62.0 Å². The molecule has 0 bridgehead atoms. The SMILES string of the molecule is N#Cc1c(Cl)cc(CBr)n(-c2ccccc2Cl)c1=O. The van der Waals surface area contributed by atoms with Gasteiger partial charge in [0.2, 0.25) is 0 Å². The number of benzene rings is 1. The molecule has 0 unspecified atom stereocenters. The van der Waals surface area contributed by atoms with Crippen LogP contribution in [0.3, 0.4) is 0 Å². The van der Waals surface area contributed by atoms with Crippen LogP contribution < -0.4 is 5.56 Å². The molecule has 0 saturated carbocycles. The first-order valence-electron chi connectivity index (χ1n) is 5.25. The number of hydrogen-bond acceptors (Lipinski definition) is 2. The highest BCUT2D eigenvalue weighted by Crippen LogP contribution is 2.23. The monoisotopic (exact) mass is 356 g/mol. The zero-order valence-corrected chi connectivity index (χ0v) is 12.6. The third-order valence-corrected chi connectivity index (χ3v) is 3.77. The lowest BCUT2D eigenvalue weighted by atomic mass is 10.2. The molecular formula is C13H7BrCl2N2O. The molecule has 96 valence electrons. The fraction of sp³-hybridized carbons (Fsp3) is 0.0769. The molecule has 1 heterocycles. The highest BCUT2D eigenvalue weighted by atomic mass is 79.9. The van der Waals surface area contributed by atoms with Gasteiger partial charge in [-0.15, -0.1) is 0 Å². The molecular weight excluding hydrogens is 351 g/mol. The Bertz CT molecular complexity index is 734. The van der Waals surface area contributed by atoms with Gasteiger partial charge in [0, 0.05) is 11.0 Å². The van der Waals surface area contributed by atoms with Gasteiger partial charge >= 0.3 is 0 Å². The molecule has 0 aliphatic heterocycles. The molecule has 2 aromatic rings. The summed E-state index contributed by atoms with van der Waals surface area (Å²) in [6.07, 6.45) is 0. The van der Waals surface area contributed by atoms with Gasteiger partial charge in [-0.1, -0.05) is 51.3 Å². The molecule has 0 spiro atoms. The van der Waals surface area contributed by atoms with Crippen molar-refractivity contribution in [1.29, 1.82) is 5.26 Å². The van der Waals surface area contributed by atoms with Crippen molar-refractivity contribution in [2.75, 3.05) is 0 Å². The summed E-state index contributed by atoms with van der Waals surface area (Å²) in [5.74, 6) is 0. The standard InChI is InChI=1S/C13H7BrCl2N2O/c14-6-8-5-11(16)9(7-17)13(19)18(8)12-4-2-1-3-10(12)15/h1-5H,6H2. The first-order valence-corrected chi connectivity index (χ1v) is 7.13. The van der Waals surface area contributed by atoms with Crippen molar-refractivity contribution in [2.24, 2.45) is 0 Å². The molecule has 0 atom stereocenters. The molecule has 1 aromatic heterocycles. The Morgan fingerprint density at radius 3 is 2.53 bits per heavy atom.